The lowest BCUT2D eigenvalue weighted by atomic mass is 10.3. The Morgan fingerprint density at radius 2 is 1.79 bits per heavy atom. The summed E-state index contributed by atoms with van der Waals surface area (Å²) in [5.74, 6) is -2.42. The monoisotopic (exact) mass is 405 g/mol. The lowest BCUT2D eigenvalue weighted by Gasteiger charge is -2.16. The van der Waals surface area contributed by atoms with Crippen molar-refractivity contribution in [2.24, 2.45) is 0 Å². The molecule has 1 aromatic rings. The number of carbonyl (C=O) groups excluding carboxylic acids is 1. The molecule has 0 spiro atoms. The summed E-state index contributed by atoms with van der Waals surface area (Å²) < 4.78 is 60.8. The van der Waals surface area contributed by atoms with Crippen LogP contribution in [0.1, 0.15) is 6.42 Å². The second-order valence-corrected chi connectivity index (χ2v) is 6.73. The van der Waals surface area contributed by atoms with E-state index in [0.717, 1.165) is 17.0 Å². The first-order chi connectivity index (χ1) is 8.70. The van der Waals surface area contributed by atoms with Crippen molar-refractivity contribution in [3.05, 3.63) is 27.3 Å². The van der Waals surface area contributed by atoms with Gasteiger partial charge in [-0.25, -0.2) is 8.78 Å². The van der Waals surface area contributed by atoms with Crippen molar-refractivity contribution in [1.82, 2.24) is 0 Å². The zero-order chi connectivity index (χ0) is 14.4. The number of hydrogen-bond donors (Lipinski definition) is 0. The highest BCUT2D eigenvalue weighted by Gasteiger charge is 2.39. The summed E-state index contributed by atoms with van der Waals surface area (Å²) in [4.78, 5) is 12.5. The molecule has 0 saturated carbocycles. The van der Waals surface area contributed by atoms with E-state index in [2.05, 4.69) is 0 Å². The minimum atomic E-state index is -4.86. The van der Waals surface area contributed by atoms with Crippen molar-refractivity contribution in [1.29, 1.82) is 0 Å². The molecule has 1 aromatic carbocycles. The fraction of sp³-hybridized carbons (Fsp3) is 0.300. The molecule has 4 nitrogen and oxygen atoms in total. The van der Waals surface area contributed by atoms with E-state index >= 15 is 0 Å². The highest BCUT2D eigenvalue weighted by molar-refractivity contribution is 14.1. The van der Waals surface area contributed by atoms with E-state index in [-0.39, 0.29) is 9.26 Å². The third-order valence-corrected chi connectivity index (χ3v) is 4.91. The van der Waals surface area contributed by atoms with Gasteiger partial charge in [0.1, 0.15) is 16.9 Å². The first-order valence-corrected chi connectivity index (χ1v) is 7.61. The Kier molecular flexibility index (Phi) is 3.78. The van der Waals surface area contributed by atoms with Crippen molar-refractivity contribution in [2.45, 2.75) is 11.7 Å². The third kappa shape index (κ3) is 2.86. The van der Waals surface area contributed by atoms with Crippen LogP contribution in [0.3, 0.4) is 0 Å². The Morgan fingerprint density at radius 3 is 2.21 bits per heavy atom. The number of rotatable bonds is 2. The lowest BCUT2D eigenvalue weighted by Crippen LogP contribution is -2.27. The summed E-state index contributed by atoms with van der Waals surface area (Å²) in [6, 6.07) is 1.83. The molecule has 1 aliphatic rings. The van der Waals surface area contributed by atoms with E-state index in [1.807, 2.05) is 0 Å². The molecule has 1 atom stereocenters. The Morgan fingerprint density at radius 1 is 1.26 bits per heavy atom. The molecule has 0 radical (unpaired) electrons. The van der Waals surface area contributed by atoms with Crippen LogP contribution in [-0.2, 0) is 15.0 Å². The maximum atomic E-state index is 13.4. The topological polar surface area (TPSA) is 54.5 Å². The number of hydrogen-bond acceptors (Lipinski definition) is 3. The van der Waals surface area contributed by atoms with Gasteiger partial charge in [0.15, 0.2) is 0 Å². The molecule has 19 heavy (non-hydrogen) atoms. The summed E-state index contributed by atoms with van der Waals surface area (Å²) in [7, 11) is -4.86. The van der Waals surface area contributed by atoms with Gasteiger partial charge in [-0.2, -0.15) is 8.42 Å². The smallest absolute Gasteiger partial charge is 0.307 e. The van der Waals surface area contributed by atoms with Gasteiger partial charge in [-0.3, -0.25) is 4.79 Å². The van der Waals surface area contributed by atoms with Crippen LogP contribution in [0.5, 0.6) is 0 Å². The predicted octanol–water partition coefficient (Wildman–Crippen LogP) is 1.97. The molecule has 0 aromatic heterocycles. The number of anilines is 1. The Hall–Kier alpha value is -0.840. The van der Waals surface area contributed by atoms with Gasteiger partial charge in [-0.05, 0) is 34.7 Å². The van der Waals surface area contributed by atoms with Gasteiger partial charge in [0, 0.05) is 18.7 Å². The highest BCUT2D eigenvalue weighted by atomic mass is 127. The van der Waals surface area contributed by atoms with E-state index in [1.165, 1.54) is 22.6 Å². The van der Waals surface area contributed by atoms with E-state index in [4.69, 9.17) is 0 Å². The van der Waals surface area contributed by atoms with Crippen LogP contribution in [0.15, 0.2) is 12.1 Å². The van der Waals surface area contributed by atoms with Gasteiger partial charge in [-0.1, -0.05) is 0 Å². The van der Waals surface area contributed by atoms with Crippen LogP contribution < -0.4 is 4.90 Å². The molecule has 104 valence electrons. The van der Waals surface area contributed by atoms with E-state index in [0.29, 0.717) is 0 Å². The Balaban J connectivity index is 2.36. The molecule has 1 unspecified atom stereocenters. The third-order valence-electron chi connectivity index (χ3n) is 2.77. The number of carbonyl (C=O) groups is 1. The van der Waals surface area contributed by atoms with Gasteiger partial charge < -0.3 is 4.90 Å². The number of halogens is 4. The Labute approximate surface area is 120 Å². The SMILES string of the molecule is O=C1CC(S(=O)(=O)F)CN1c1cc(F)c(I)c(F)c1. The Bertz CT molecular complexity index is 626. The van der Waals surface area contributed by atoms with Crippen LogP contribution in [0, 0.1) is 15.2 Å². The first-order valence-electron chi connectivity index (χ1n) is 5.08. The zero-order valence-electron chi connectivity index (χ0n) is 9.24. The quantitative estimate of drug-likeness (QED) is 0.430. The summed E-state index contributed by atoms with van der Waals surface area (Å²) in [6.45, 7) is -0.447. The normalized spacial score (nSPS) is 20.1. The molecular weight excluding hydrogens is 398 g/mol. The van der Waals surface area contributed by atoms with Gasteiger partial charge >= 0.3 is 10.2 Å². The molecule has 1 aliphatic heterocycles. The van der Waals surface area contributed by atoms with Crippen molar-refractivity contribution < 1.29 is 25.9 Å². The predicted molar refractivity (Wildman–Crippen MR) is 69.9 cm³/mol. The molecule has 1 saturated heterocycles. The molecule has 1 fully saturated rings. The average Bonchev–Trinajstić information content (AvgIpc) is 2.67. The fourth-order valence-corrected chi connectivity index (χ4v) is 2.79. The molecule has 0 bridgehead atoms. The summed E-state index contributed by atoms with van der Waals surface area (Å²) in [6.07, 6.45) is -0.534. The van der Waals surface area contributed by atoms with Crippen LogP contribution in [-0.4, -0.2) is 26.1 Å². The second-order valence-electron chi connectivity index (χ2n) is 4.03. The maximum Gasteiger partial charge on any atom is 0.307 e. The molecular formula is C10H7F3INO3S. The van der Waals surface area contributed by atoms with Gasteiger partial charge in [0.25, 0.3) is 0 Å². The van der Waals surface area contributed by atoms with E-state index in [9.17, 15) is 25.9 Å². The van der Waals surface area contributed by atoms with Crippen LogP contribution in [0.25, 0.3) is 0 Å². The molecule has 2 rings (SSSR count). The van der Waals surface area contributed by atoms with Gasteiger partial charge in [0.2, 0.25) is 5.91 Å². The number of benzene rings is 1. The van der Waals surface area contributed by atoms with E-state index in [1.54, 1.807) is 0 Å². The van der Waals surface area contributed by atoms with Crippen LogP contribution in [0.2, 0.25) is 0 Å². The zero-order valence-corrected chi connectivity index (χ0v) is 12.2. The second kappa shape index (κ2) is 4.93. The summed E-state index contributed by atoms with van der Waals surface area (Å²) in [5, 5.41) is -1.49. The standard InChI is InChI=1S/C10H7F3INO3S/c11-7-1-5(2-8(12)10(7)14)15-4-6(3-9(15)16)19(13,17)18/h1-2,6H,3-4H2. The minimum absolute atomic E-state index is 0.119. The molecule has 1 amide bonds. The van der Waals surface area contributed by atoms with E-state index < -0.39 is 46.0 Å². The molecule has 1 heterocycles. The fourth-order valence-electron chi connectivity index (χ4n) is 1.81. The largest absolute Gasteiger partial charge is 0.311 e. The summed E-state index contributed by atoms with van der Waals surface area (Å²) >= 11 is 1.46. The summed E-state index contributed by atoms with van der Waals surface area (Å²) in [5.41, 5.74) is -0.119. The minimum Gasteiger partial charge on any atom is -0.311 e. The maximum absolute atomic E-state index is 13.4. The first kappa shape index (κ1) is 14.6. The molecule has 9 heteroatoms. The highest BCUT2D eigenvalue weighted by Crippen LogP contribution is 2.29. The van der Waals surface area contributed by atoms with Gasteiger partial charge in [-0.15, -0.1) is 3.89 Å². The van der Waals surface area contributed by atoms with Crippen molar-refractivity contribution >= 4 is 44.4 Å². The van der Waals surface area contributed by atoms with Crippen molar-refractivity contribution in [3.8, 4) is 0 Å². The van der Waals surface area contributed by atoms with Crippen molar-refractivity contribution in [3.63, 3.8) is 0 Å². The van der Waals surface area contributed by atoms with Gasteiger partial charge in [0.05, 0.1) is 3.57 Å². The molecule has 0 N–H and O–H groups in total. The molecule has 0 aliphatic carbocycles. The number of nitrogens with zero attached hydrogens (tertiary/aromatic N) is 1. The van der Waals surface area contributed by atoms with Crippen molar-refractivity contribution in [2.75, 3.05) is 11.4 Å². The lowest BCUT2D eigenvalue weighted by molar-refractivity contribution is -0.117. The van der Waals surface area contributed by atoms with Crippen LogP contribution >= 0.6 is 22.6 Å². The number of amides is 1. The van der Waals surface area contributed by atoms with Crippen LogP contribution in [0.4, 0.5) is 18.4 Å². The average molecular weight is 405 g/mol.